The molecule has 1 aliphatic heterocycles. The Labute approximate surface area is 157 Å². The van der Waals surface area contributed by atoms with Crippen LogP contribution in [0.3, 0.4) is 0 Å². The number of Topliss-reactive ketones (excluding diaryl/α,β-unsaturated/α-hetero) is 1. The van der Waals surface area contributed by atoms with E-state index in [2.05, 4.69) is 10.2 Å². The number of carbonyl (C=O) groups is 2. The van der Waals surface area contributed by atoms with Gasteiger partial charge in [0.1, 0.15) is 5.82 Å². The molecule has 1 saturated heterocycles. The number of carbonyl (C=O) groups excluding carboxylic acids is 2. The number of fused-ring (bicyclic) bond motifs is 1. The van der Waals surface area contributed by atoms with Crippen LogP contribution in [0.1, 0.15) is 47.8 Å². The molecule has 1 aliphatic rings. The largest absolute Gasteiger partial charge is 0.342 e. The van der Waals surface area contributed by atoms with Gasteiger partial charge in [-0.2, -0.15) is 0 Å². The molecule has 1 aromatic carbocycles. The lowest BCUT2D eigenvalue weighted by Gasteiger charge is -2.32. The summed E-state index contributed by atoms with van der Waals surface area (Å²) in [6.07, 6.45) is 4.38. The van der Waals surface area contributed by atoms with E-state index in [0.717, 1.165) is 30.9 Å². The fraction of sp³-hybridized carbons (Fsp3) is 0.333. The molecular formula is C21H22N4O2. The predicted octanol–water partition coefficient (Wildman–Crippen LogP) is 3.10. The number of likely N-dealkylation sites (tertiary alicyclic amines) is 1. The van der Waals surface area contributed by atoms with Crippen LogP contribution in [-0.4, -0.2) is 44.3 Å². The first-order valence-corrected chi connectivity index (χ1v) is 9.38. The molecule has 138 valence electrons. The van der Waals surface area contributed by atoms with Gasteiger partial charge in [0.15, 0.2) is 11.4 Å². The van der Waals surface area contributed by atoms with E-state index in [-0.39, 0.29) is 30.4 Å². The zero-order chi connectivity index (χ0) is 18.6. The van der Waals surface area contributed by atoms with Crippen molar-refractivity contribution in [3.05, 3.63) is 66.1 Å². The summed E-state index contributed by atoms with van der Waals surface area (Å²) in [5, 5.41) is 8.57. The lowest BCUT2D eigenvalue weighted by Crippen LogP contribution is -2.39. The second-order valence-corrected chi connectivity index (χ2v) is 6.96. The normalized spacial score (nSPS) is 17.2. The zero-order valence-electron chi connectivity index (χ0n) is 15.1. The average molecular weight is 362 g/mol. The molecule has 0 radical (unpaired) electrons. The fourth-order valence-electron chi connectivity index (χ4n) is 3.70. The van der Waals surface area contributed by atoms with Crippen molar-refractivity contribution in [1.82, 2.24) is 19.5 Å². The maximum atomic E-state index is 12.6. The van der Waals surface area contributed by atoms with Crippen LogP contribution in [0.4, 0.5) is 0 Å². The third-order valence-corrected chi connectivity index (χ3v) is 5.14. The number of nitrogens with zero attached hydrogens (tertiary/aromatic N) is 4. The fourth-order valence-corrected chi connectivity index (χ4v) is 3.70. The lowest BCUT2D eigenvalue weighted by molar-refractivity contribution is -0.132. The minimum atomic E-state index is 0.0148. The number of pyridine rings is 1. The minimum Gasteiger partial charge on any atom is -0.342 e. The van der Waals surface area contributed by atoms with E-state index in [4.69, 9.17) is 0 Å². The molecule has 0 saturated carbocycles. The van der Waals surface area contributed by atoms with E-state index >= 15 is 0 Å². The van der Waals surface area contributed by atoms with Gasteiger partial charge in [-0.05, 0) is 25.0 Å². The highest BCUT2D eigenvalue weighted by molar-refractivity contribution is 5.97. The minimum absolute atomic E-state index is 0.0148. The molecule has 0 unspecified atom stereocenters. The van der Waals surface area contributed by atoms with Gasteiger partial charge in [-0.1, -0.05) is 36.4 Å². The van der Waals surface area contributed by atoms with Crippen LogP contribution in [-0.2, 0) is 4.79 Å². The SMILES string of the molecule is O=C(CCC(=O)N1CCC[C@H](c2nnc3ccccn23)C1)c1ccccc1. The summed E-state index contributed by atoms with van der Waals surface area (Å²) in [7, 11) is 0. The molecule has 0 aliphatic carbocycles. The van der Waals surface area contributed by atoms with Gasteiger partial charge in [0.2, 0.25) is 5.91 Å². The lowest BCUT2D eigenvalue weighted by atomic mass is 9.96. The van der Waals surface area contributed by atoms with E-state index < -0.39 is 0 Å². The van der Waals surface area contributed by atoms with Gasteiger partial charge < -0.3 is 4.90 Å². The van der Waals surface area contributed by atoms with E-state index in [9.17, 15) is 9.59 Å². The average Bonchev–Trinajstić information content (AvgIpc) is 3.16. The third kappa shape index (κ3) is 3.74. The molecule has 1 amide bonds. The molecule has 6 heteroatoms. The van der Waals surface area contributed by atoms with Crippen molar-refractivity contribution in [2.75, 3.05) is 13.1 Å². The number of hydrogen-bond donors (Lipinski definition) is 0. The Balaban J connectivity index is 1.39. The highest BCUT2D eigenvalue weighted by Gasteiger charge is 2.28. The molecule has 0 N–H and O–H groups in total. The van der Waals surface area contributed by atoms with E-state index in [1.165, 1.54) is 0 Å². The summed E-state index contributed by atoms with van der Waals surface area (Å²) >= 11 is 0. The summed E-state index contributed by atoms with van der Waals surface area (Å²) in [4.78, 5) is 26.8. The van der Waals surface area contributed by atoms with Crippen LogP contribution in [0.25, 0.3) is 5.65 Å². The summed E-state index contributed by atoms with van der Waals surface area (Å²) in [5.74, 6) is 1.13. The maximum Gasteiger partial charge on any atom is 0.223 e. The molecule has 1 atom stereocenters. The third-order valence-electron chi connectivity index (χ3n) is 5.14. The summed E-state index contributed by atoms with van der Waals surface area (Å²) in [6, 6.07) is 15.0. The number of hydrogen-bond acceptors (Lipinski definition) is 4. The van der Waals surface area contributed by atoms with Gasteiger partial charge >= 0.3 is 0 Å². The first-order chi connectivity index (χ1) is 13.2. The predicted molar refractivity (Wildman–Crippen MR) is 102 cm³/mol. The van der Waals surface area contributed by atoms with E-state index in [1.54, 1.807) is 12.1 Å². The molecule has 3 aromatic rings. The standard InChI is InChI=1S/C21H22N4O2/c26-18(16-7-2-1-3-8-16)11-12-20(27)24-13-6-9-17(15-24)21-23-22-19-10-4-5-14-25(19)21/h1-5,7-8,10,14,17H,6,9,11-13,15H2/t17-/m0/s1. The van der Waals surface area contributed by atoms with Gasteiger partial charge in [-0.15, -0.1) is 10.2 Å². The molecule has 27 heavy (non-hydrogen) atoms. The number of aromatic nitrogens is 3. The molecule has 0 bridgehead atoms. The number of ketones is 1. The van der Waals surface area contributed by atoms with Gasteiger partial charge in [-0.3, -0.25) is 14.0 Å². The second kappa shape index (κ2) is 7.70. The van der Waals surface area contributed by atoms with Crippen molar-refractivity contribution in [1.29, 1.82) is 0 Å². The van der Waals surface area contributed by atoms with Crippen molar-refractivity contribution in [2.24, 2.45) is 0 Å². The highest BCUT2D eigenvalue weighted by atomic mass is 16.2. The molecule has 2 aromatic heterocycles. The summed E-state index contributed by atoms with van der Waals surface area (Å²) < 4.78 is 2.00. The van der Waals surface area contributed by atoms with Gasteiger partial charge in [0.05, 0.1) is 0 Å². The van der Waals surface area contributed by atoms with Crippen LogP contribution < -0.4 is 0 Å². The quantitative estimate of drug-likeness (QED) is 0.654. The van der Waals surface area contributed by atoms with Crippen molar-refractivity contribution in [2.45, 2.75) is 31.6 Å². The number of piperidine rings is 1. The first-order valence-electron chi connectivity index (χ1n) is 9.38. The Morgan fingerprint density at radius 2 is 1.81 bits per heavy atom. The topological polar surface area (TPSA) is 67.6 Å². The Bertz CT molecular complexity index is 951. The van der Waals surface area contributed by atoms with Crippen molar-refractivity contribution in [3.8, 4) is 0 Å². The van der Waals surface area contributed by atoms with Gasteiger partial charge in [0, 0.05) is 43.6 Å². The number of benzene rings is 1. The Morgan fingerprint density at radius 1 is 1.00 bits per heavy atom. The molecule has 6 nitrogen and oxygen atoms in total. The van der Waals surface area contributed by atoms with Gasteiger partial charge in [0.25, 0.3) is 0 Å². The van der Waals surface area contributed by atoms with Crippen LogP contribution in [0.2, 0.25) is 0 Å². The number of amides is 1. The zero-order valence-corrected chi connectivity index (χ0v) is 15.1. The maximum absolute atomic E-state index is 12.6. The monoisotopic (exact) mass is 362 g/mol. The van der Waals surface area contributed by atoms with E-state index in [0.29, 0.717) is 12.1 Å². The summed E-state index contributed by atoms with van der Waals surface area (Å²) in [6.45, 7) is 1.37. The van der Waals surface area contributed by atoms with E-state index in [1.807, 2.05) is 51.9 Å². The van der Waals surface area contributed by atoms with Crippen molar-refractivity contribution >= 4 is 17.3 Å². The summed E-state index contributed by atoms with van der Waals surface area (Å²) in [5.41, 5.74) is 1.49. The van der Waals surface area contributed by atoms with Crippen molar-refractivity contribution in [3.63, 3.8) is 0 Å². The highest BCUT2D eigenvalue weighted by Crippen LogP contribution is 2.26. The Kier molecular flexibility index (Phi) is 4.96. The smallest absolute Gasteiger partial charge is 0.223 e. The molecule has 0 spiro atoms. The molecule has 4 rings (SSSR count). The van der Waals surface area contributed by atoms with Crippen molar-refractivity contribution < 1.29 is 9.59 Å². The van der Waals surface area contributed by atoms with Crippen LogP contribution >= 0.6 is 0 Å². The Morgan fingerprint density at radius 3 is 2.67 bits per heavy atom. The van der Waals surface area contributed by atoms with Crippen LogP contribution in [0.5, 0.6) is 0 Å². The molecular weight excluding hydrogens is 340 g/mol. The Hall–Kier alpha value is -3.02. The van der Waals surface area contributed by atoms with Crippen LogP contribution in [0.15, 0.2) is 54.7 Å². The molecule has 3 heterocycles. The molecule has 1 fully saturated rings. The first kappa shape index (κ1) is 17.4. The van der Waals surface area contributed by atoms with Gasteiger partial charge in [-0.25, -0.2) is 0 Å². The van der Waals surface area contributed by atoms with Crippen LogP contribution in [0, 0.1) is 0 Å². The second-order valence-electron chi connectivity index (χ2n) is 6.96. The number of rotatable bonds is 5.